The quantitative estimate of drug-likeness (QED) is 0.828. The van der Waals surface area contributed by atoms with Gasteiger partial charge >= 0.3 is 6.09 Å². The SMILES string of the molecule is O=C(O)Nc1nc(-c2ccncc2)sc1C#CCN1CCOCC1. The molecule has 3 rings (SSSR count). The molecule has 3 heterocycles. The Balaban J connectivity index is 1.80. The molecule has 1 aliphatic rings. The van der Waals surface area contributed by atoms with Gasteiger partial charge in [-0.25, -0.2) is 9.78 Å². The zero-order chi connectivity index (χ0) is 16.8. The van der Waals surface area contributed by atoms with Crippen molar-refractivity contribution in [3.05, 3.63) is 29.4 Å². The lowest BCUT2D eigenvalue weighted by Crippen LogP contribution is -2.36. The minimum atomic E-state index is -1.15. The molecule has 1 aliphatic heterocycles. The van der Waals surface area contributed by atoms with Gasteiger partial charge in [0.05, 0.1) is 19.8 Å². The zero-order valence-corrected chi connectivity index (χ0v) is 13.7. The van der Waals surface area contributed by atoms with Crippen molar-refractivity contribution in [3.63, 3.8) is 0 Å². The minimum absolute atomic E-state index is 0.272. The van der Waals surface area contributed by atoms with E-state index in [1.807, 2.05) is 12.1 Å². The maximum atomic E-state index is 11.0. The summed E-state index contributed by atoms with van der Waals surface area (Å²) in [5.41, 5.74) is 0.879. The Morgan fingerprint density at radius 3 is 2.83 bits per heavy atom. The fourth-order valence-electron chi connectivity index (χ4n) is 2.20. The van der Waals surface area contributed by atoms with Gasteiger partial charge in [0.25, 0.3) is 0 Å². The summed E-state index contributed by atoms with van der Waals surface area (Å²) < 4.78 is 5.30. The van der Waals surface area contributed by atoms with E-state index in [0.29, 0.717) is 16.4 Å². The van der Waals surface area contributed by atoms with E-state index in [1.165, 1.54) is 11.3 Å². The van der Waals surface area contributed by atoms with Crippen LogP contribution < -0.4 is 5.32 Å². The second kappa shape index (κ2) is 7.88. The highest BCUT2D eigenvalue weighted by atomic mass is 32.1. The highest BCUT2D eigenvalue weighted by Gasteiger charge is 2.13. The van der Waals surface area contributed by atoms with Gasteiger partial charge in [-0.15, -0.1) is 11.3 Å². The summed E-state index contributed by atoms with van der Waals surface area (Å²) in [7, 11) is 0. The van der Waals surface area contributed by atoms with Gasteiger partial charge in [0.15, 0.2) is 5.82 Å². The third kappa shape index (κ3) is 4.29. The third-order valence-corrected chi connectivity index (χ3v) is 4.41. The predicted molar refractivity (Wildman–Crippen MR) is 91.1 cm³/mol. The predicted octanol–water partition coefficient (Wildman–Crippen LogP) is 1.98. The number of carboxylic acid groups (broad SMARTS) is 1. The third-order valence-electron chi connectivity index (χ3n) is 3.39. The number of thiazole rings is 1. The standard InChI is InChI=1S/C16H16N4O3S/c21-16(22)19-14-13(2-1-7-20-8-10-23-11-9-20)24-15(18-14)12-3-5-17-6-4-12/h3-6,19H,7-11H2,(H,21,22). The average Bonchev–Trinajstić information content (AvgIpc) is 2.99. The Bertz CT molecular complexity index is 761. The van der Waals surface area contributed by atoms with Crippen molar-refractivity contribution in [1.29, 1.82) is 0 Å². The Hall–Kier alpha value is -2.47. The summed E-state index contributed by atoms with van der Waals surface area (Å²) in [6.07, 6.45) is 2.19. The molecule has 0 spiro atoms. The van der Waals surface area contributed by atoms with Crippen molar-refractivity contribution in [2.75, 3.05) is 38.2 Å². The molecule has 0 bridgehead atoms. The van der Waals surface area contributed by atoms with Crippen LogP contribution in [0.5, 0.6) is 0 Å². The maximum absolute atomic E-state index is 11.0. The van der Waals surface area contributed by atoms with E-state index in [2.05, 4.69) is 32.0 Å². The van der Waals surface area contributed by atoms with Crippen LogP contribution in [0.15, 0.2) is 24.5 Å². The lowest BCUT2D eigenvalue weighted by molar-refractivity contribution is 0.0443. The number of hydrogen-bond acceptors (Lipinski definition) is 6. The van der Waals surface area contributed by atoms with Crippen molar-refractivity contribution in [3.8, 4) is 22.4 Å². The van der Waals surface area contributed by atoms with Gasteiger partial charge in [-0.1, -0.05) is 11.8 Å². The molecular weight excluding hydrogens is 328 g/mol. The van der Waals surface area contributed by atoms with Crippen molar-refractivity contribution in [1.82, 2.24) is 14.9 Å². The van der Waals surface area contributed by atoms with Gasteiger partial charge in [0.1, 0.15) is 9.88 Å². The van der Waals surface area contributed by atoms with Gasteiger partial charge in [-0.2, -0.15) is 0 Å². The number of carbonyl (C=O) groups is 1. The van der Waals surface area contributed by atoms with Crippen LogP contribution in [0.3, 0.4) is 0 Å². The van der Waals surface area contributed by atoms with E-state index in [-0.39, 0.29) is 5.82 Å². The highest BCUT2D eigenvalue weighted by molar-refractivity contribution is 7.16. The topological polar surface area (TPSA) is 87.6 Å². The number of ether oxygens (including phenoxy) is 1. The summed E-state index contributed by atoms with van der Waals surface area (Å²) in [5, 5.41) is 12.0. The second-order valence-electron chi connectivity index (χ2n) is 5.05. The molecule has 0 radical (unpaired) electrons. The Morgan fingerprint density at radius 2 is 2.12 bits per heavy atom. The first kappa shape index (κ1) is 16.4. The van der Waals surface area contributed by atoms with E-state index in [9.17, 15) is 4.79 Å². The lowest BCUT2D eigenvalue weighted by Gasteiger charge is -2.24. The molecule has 2 N–H and O–H groups in total. The van der Waals surface area contributed by atoms with Crippen LogP contribution >= 0.6 is 11.3 Å². The number of nitrogens with one attached hydrogen (secondary N) is 1. The fraction of sp³-hybridized carbons (Fsp3) is 0.312. The first-order valence-corrected chi connectivity index (χ1v) is 8.24. The largest absolute Gasteiger partial charge is 0.465 e. The molecule has 0 aliphatic carbocycles. The summed E-state index contributed by atoms with van der Waals surface area (Å²) in [5.74, 6) is 6.41. The monoisotopic (exact) mass is 344 g/mol. The number of anilines is 1. The van der Waals surface area contributed by atoms with Crippen LogP contribution in [0.1, 0.15) is 4.88 Å². The number of amides is 1. The highest BCUT2D eigenvalue weighted by Crippen LogP contribution is 2.30. The summed E-state index contributed by atoms with van der Waals surface area (Å²) in [4.78, 5) is 22.1. The Morgan fingerprint density at radius 1 is 1.38 bits per heavy atom. The molecule has 0 atom stereocenters. The molecule has 7 nitrogen and oxygen atoms in total. The molecule has 0 saturated carbocycles. The van der Waals surface area contributed by atoms with Gasteiger partial charge in [0, 0.05) is 31.0 Å². The average molecular weight is 344 g/mol. The summed E-state index contributed by atoms with van der Waals surface area (Å²) in [6.45, 7) is 3.79. The van der Waals surface area contributed by atoms with E-state index < -0.39 is 6.09 Å². The van der Waals surface area contributed by atoms with E-state index in [0.717, 1.165) is 31.9 Å². The Kier molecular flexibility index (Phi) is 5.38. The smallest absolute Gasteiger partial charge is 0.410 e. The molecule has 2 aromatic heterocycles. The second-order valence-corrected chi connectivity index (χ2v) is 6.05. The first-order chi connectivity index (χ1) is 11.7. The zero-order valence-electron chi connectivity index (χ0n) is 12.9. The van der Waals surface area contributed by atoms with E-state index >= 15 is 0 Å². The molecular formula is C16H16N4O3S. The molecule has 8 heteroatoms. The molecule has 124 valence electrons. The molecule has 1 amide bonds. The number of morpholine rings is 1. The van der Waals surface area contributed by atoms with Crippen LogP contribution in [-0.2, 0) is 4.74 Å². The van der Waals surface area contributed by atoms with Crippen molar-refractivity contribution < 1.29 is 14.6 Å². The summed E-state index contributed by atoms with van der Waals surface area (Å²) in [6, 6.07) is 3.66. The lowest BCUT2D eigenvalue weighted by atomic mass is 10.3. The first-order valence-electron chi connectivity index (χ1n) is 7.42. The van der Waals surface area contributed by atoms with Gasteiger partial charge in [0.2, 0.25) is 0 Å². The number of aromatic nitrogens is 2. The molecule has 1 fully saturated rings. The number of rotatable bonds is 3. The summed E-state index contributed by atoms with van der Waals surface area (Å²) >= 11 is 1.36. The molecule has 0 aromatic carbocycles. The molecule has 0 unspecified atom stereocenters. The van der Waals surface area contributed by atoms with Gasteiger partial charge in [-0.05, 0) is 12.1 Å². The number of pyridine rings is 1. The molecule has 24 heavy (non-hydrogen) atoms. The van der Waals surface area contributed by atoms with Crippen LogP contribution in [0.25, 0.3) is 10.6 Å². The van der Waals surface area contributed by atoms with Crippen LogP contribution in [-0.4, -0.2) is 58.9 Å². The molecule has 2 aromatic rings. The van der Waals surface area contributed by atoms with E-state index in [1.54, 1.807) is 12.4 Å². The van der Waals surface area contributed by atoms with Crippen LogP contribution in [0.4, 0.5) is 10.6 Å². The van der Waals surface area contributed by atoms with Crippen LogP contribution in [0, 0.1) is 11.8 Å². The van der Waals surface area contributed by atoms with Crippen molar-refractivity contribution in [2.45, 2.75) is 0 Å². The van der Waals surface area contributed by atoms with Crippen LogP contribution in [0.2, 0.25) is 0 Å². The molecule has 1 saturated heterocycles. The Labute approximate surface area is 143 Å². The minimum Gasteiger partial charge on any atom is -0.465 e. The number of nitrogens with zero attached hydrogens (tertiary/aromatic N) is 3. The van der Waals surface area contributed by atoms with E-state index in [4.69, 9.17) is 9.84 Å². The maximum Gasteiger partial charge on any atom is 0.410 e. The van der Waals surface area contributed by atoms with Gasteiger partial charge in [-0.3, -0.25) is 15.2 Å². The van der Waals surface area contributed by atoms with Crippen molar-refractivity contribution >= 4 is 23.2 Å². The fourth-order valence-corrected chi connectivity index (χ4v) is 3.10. The number of hydrogen-bond donors (Lipinski definition) is 2. The normalized spacial score (nSPS) is 14.7. The van der Waals surface area contributed by atoms with Crippen molar-refractivity contribution in [2.24, 2.45) is 0 Å². The van der Waals surface area contributed by atoms with Gasteiger partial charge < -0.3 is 9.84 Å².